The van der Waals surface area contributed by atoms with E-state index in [1.165, 1.54) is 5.56 Å². The molecule has 0 aromatic heterocycles. The number of benzene rings is 1. The third-order valence-corrected chi connectivity index (χ3v) is 4.13. The first-order valence-electron chi connectivity index (χ1n) is 7.23. The molecule has 0 fully saturated rings. The van der Waals surface area contributed by atoms with E-state index in [-0.39, 0.29) is 5.60 Å². The largest absolute Gasteiger partial charge is 0.337 e. The Morgan fingerprint density at radius 3 is 2.00 bits per heavy atom. The molecule has 0 aliphatic heterocycles. The minimum atomic E-state index is -0.284. The van der Waals surface area contributed by atoms with Crippen molar-refractivity contribution in [2.45, 2.75) is 60.0 Å². The molecule has 2 nitrogen and oxygen atoms in total. The fraction of sp³-hybridized carbons (Fsp3) is 0.647. The zero-order chi connectivity index (χ0) is 14.6. The van der Waals surface area contributed by atoms with Gasteiger partial charge in [0.05, 0.1) is 0 Å². The Kier molecular flexibility index (Phi) is 5.42. The summed E-state index contributed by atoms with van der Waals surface area (Å²) in [6.45, 7) is 15.1. The van der Waals surface area contributed by atoms with Gasteiger partial charge >= 0.3 is 0 Å². The minimum absolute atomic E-state index is 0.284. The molecule has 0 saturated heterocycles. The van der Waals surface area contributed by atoms with Crippen LogP contribution in [-0.4, -0.2) is 5.60 Å². The molecule has 0 N–H and O–H groups in total. The maximum Gasteiger partial charge on any atom is 0.165 e. The second kappa shape index (κ2) is 6.42. The van der Waals surface area contributed by atoms with Crippen LogP contribution >= 0.6 is 0 Å². The second-order valence-corrected chi connectivity index (χ2v) is 6.39. The predicted octanol–water partition coefficient (Wildman–Crippen LogP) is 5.19. The maximum absolute atomic E-state index is 5.77. The molecule has 19 heavy (non-hydrogen) atoms. The van der Waals surface area contributed by atoms with Crippen LogP contribution in [0.5, 0.6) is 5.75 Å². The number of hydrogen-bond donors (Lipinski definition) is 0. The lowest BCUT2D eigenvalue weighted by Gasteiger charge is -2.35. The summed E-state index contributed by atoms with van der Waals surface area (Å²) in [5, 5.41) is 0. The van der Waals surface area contributed by atoms with Crippen LogP contribution in [0, 0.1) is 11.8 Å². The van der Waals surface area contributed by atoms with Gasteiger partial charge in [-0.1, -0.05) is 53.7 Å². The van der Waals surface area contributed by atoms with E-state index in [9.17, 15) is 0 Å². The molecule has 1 aromatic rings. The van der Waals surface area contributed by atoms with Crippen molar-refractivity contribution in [3.8, 4) is 5.75 Å². The molecule has 0 heterocycles. The van der Waals surface area contributed by atoms with Crippen LogP contribution in [0.2, 0.25) is 0 Å². The molecule has 0 amide bonds. The molecule has 2 heteroatoms. The quantitative estimate of drug-likeness (QED) is 0.520. The van der Waals surface area contributed by atoms with Gasteiger partial charge in [-0.2, -0.15) is 4.89 Å². The molecule has 0 atom stereocenters. The highest BCUT2D eigenvalue weighted by Gasteiger charge is 2.35. The van der Waals surface area contributed by atoms with Gasteiger partial charge < -0.3 is 4.89 Å². The average Bonchev–Trinajstić information content (AvgIpc) is 2.35. The van der Waals surface area contributed by atoms with Crippen LogP contribution in [0.1, 0.15) is 59.9 Å². The van der Waals surface area contributed by atoms with E-state index in [1.807, 2.05) is 18.2 Å². The van der Waals surface area contributed by atoms with E-state index in [2.05, 4.69) is 54.5 Å². The van der Waals surface area contributed by atoms with E-state index in [0.29, 0.717) is 17.8 Å². The van der Waals surface area contributed by atoms with Crippen molar-refractivity contribution in [3.63, 3.8) is 0 Å². The SMILES string of the molecule is CC(C)c1cccc(OOC(C)(C(C)C)C(C)C)c1. The van der Waals surface area contributed by atoms with E-state index >= 15 is 0 Å². The zero-order valence-corrected chi connectivity index (χ0v) is 13.4. The van der Waals surface area contributed by atoms with Crippen LogP contribution in [0.25, 0.3) is 0 Å². The van der Waals surface area contributed by atoms with Gasteiger partial charge in [0.2, 0.25) is 0 Å². The minimum Gasteiger partial charge on any atom is -0.337 e. The van der Waals surface area contributed by atoms with E-state index in [4.69, 9.17) is 9.78 Å². The summed E-state index contributed by atoms with van der Waals surface area (Å²) in [6, 6.07) is 8.11. The first-order chi connectivity index (χ1) is 8.77. The Balaban J connectivity index is 2.78. The lowest BCUT2D eigenvalue weighted by Crippen LogP contribution is -2.41. The fourth-order valence-corrected chi connectivity index (χ4v) is 1.92. The third kappa shape index (κ3) is 3.97. The van der Waals surface area contributed by atoms with Crippen LogP contribution in [-0.2, 0) is 4.89 Å². The molecular formula is C17H28O2. The Morgan fingerprint density at radius 1 is 0.947 bits per heavy atom. The van der Waals surface area contributed by atoms with Crippen molar-refractivity contribution in [3.05, 3.63) is 29.8 Å². The molecule has 0 spiro atoms. The van der Waals surface area contributed by atoms with Crippen LogP contribution in [0.3, 0.4) is 0 Å². The lowest BCUT2D eigenvalue weighted by atomic mass is 9.82. The summed E-state index contributed by atoms with van der Waals surface area (Å²) in [5.74, 6) is 2.05. The number of rotatable bonds is 6. The van der Waals surface area contributed by atoms with E-state index in [0.717, 1.165) is 5.75 Å². The first kappa shape index (κ1) is 16.0. The van der Waals surface area contributed by atoms with E-state index < -0.39 is 0 Å². The Morgan fingerprint density at radius 2 is 1.53 bits per heavy atom. The molecule has 0 unspecified atom stereocenters. The summed E-state index contributed by atoms with van der Waals surface area (Å²) in [4.78, 5) is 11.4. The summed E-state index contributed by atoms with van der Waals surface area (Å²) < 4.78 is 0. The van der Waals surface area contributed by atoms with Crippen molar-refractivity contribution in [2.24, 2.45) is 11.8 Å². The molecular weight excluding hydrogens is 236 g/mol. The van der Waals surface area contributed by atoms with E-state index in [1.54, 1.807) is 0 Å². The van der Waals surface area contributed by atoms with Gasteiger partial charge in [-0.3, -0.25) is 0 Å². The van der Waals surface area contributed by atoms with Gasteiger partial charge in [0.25, 0.3) is 0 Å². The highest BCUT2D eigenvalue weighted by atomic mass is 17.2. The Hall–Kier alpha value is -1.02. The average molecular weight is 264 g/mol. The second-order valence-electron chi connectivity index (χ2n) is 6.39. The van der Waals surface area contributed by atoms with Crippen molar-refractivity contribution in [2.75, 3.05) is 0 Å². The van der Waals surface area contributed by atoms with Gasteiger partial charge in [-0.25, -0.2) is 0 Å². The molecule has 1 rings (SSSR count). The predicted molar refractivity (Wildman–Crippen MR) is 80.3 cm³/mol. The van der Waals surface area contributed by atoms with Gasteiger partial charge in [0.15, 0.2) is 5.75 Å². The maximum atomic E-state index is 5.77. The van der Waals surface area contributed by atoms with Gasteiger partial charge in [-0.05, 0) is 42.4 Å². The summed E-state index contributed by atoms with van der Waals surface area (Å²) in [6.07, 6.45) is 0. The van der Waals surface area contributed by atoms with Crippen molar-refractivity contribution in [1.82, 2.24) is 0 Å². The van der Waals surface area contributed by atoms with Crippen LogP contribution < -0.4 is 4.89 Å². The molecule has 0 aliphatic carbocycles. The molecule has 1 aromatic carbocycles. The summed E-state index contributed by atoms with van der Waals surface area (Å²) in [5.41, 5.74) is 0.977. The highest BCUT2D eigenvalue weighted by molar-refractivity contribution is 5.29. The Labute approximate surface area is 118 Å². The summed E-state index contributed by atoms with van der Waals surface area (Å²) in [7, 11) is 0. The number of hydrogen-bond acceptors (Lipinski definition) is 2. The highest BCUT2D eigenvalue weighted by Crippen LogP contribution is 2.31. The zero-order valence-electron chi connectivity index (χ0n) is 13.4. The van der Waals surface area contributed by atoms with Crippen LogP contribution in [0.15, 0.2) is 24.3 Å². The molecule has 0 bridgehead atoms. The molecule has 0 radical (unpaired) electrons. The molecule has 0 aliphatic rings. The topological polar surface area (TPSA) is 18.5 Å². The summed E-state index contributed by atoms with van der Waals surface area (Å²) >= 11 is 0. The van der Waals surface area contributed by atoms with Gasteiger partial charge in [0.1, 0.15) is 5.60 Å². The van der Waals surface area contributed by atoms with Crippen molar-refractivity contribution >= 4 is 0 Å². The normalized spacial score (nSPS) is 12.5. The third-order valence-electron chi connectivity index (χ3n) is 4.13. The fourth-order valence-electron chi connectivity index (χ4n) is 1.92. The van der Waals surface area contributed by atoms with Crippen molar-refractivity contribution < 1.29 is 9.78 Å². The standard InChI is InChI=1S/C17H28O2/c1-12(2)15-9-8-10-16(11-15)18-19-17(7,13(3)4)14(5)6/h8-14H,1-7H3. The monoisotopic (exact) mass is 264 g/mol. The first-order valence-corrected chi connectivity index (χ1v) is 7.23. The smallest absolute Gasteiger partial charge is 0.165 e. The van der Waals surface area contributed by atoms with Crippen LogP contribution in [0.4, 0.5) is 0 Å². The van der Waals surface area contributed by atoms with Crippen molar-refractivity contribution in [1.29, 1.82) is 0 Å². The lowest BCUT2D eigenvalue weighted by molar-refractivity contribution is -0.312. The Bertz CT molecular complexity index is 386. The molecule has 0 saturated carbocycles. The van der Waals surface area contributed by atoms with Gasteiger partial charge in [0, 0.05) is 0 Å². The van der Waals surface area contributed by atoms with Gasteiger partial charge in [-0.15, -0.1) is 0 Å². The molecule has 108 valence electrons.